The topological polar surface area (TPSA) is 148 Å². The van der Waals surface area contributed by atoms with Crippen LogP contribution in [0.5, 0.6) is 0 Å². The van der Waals surface area contributed by atoms with Crippen molar-refractivity contribution in [3.05, 3.63) is 11.6 Å². The second kappa shape index (κ2) is 22.0. The van der Waals surface area contributed by atoms with Crippen LogP contribution in [-0.4, -0.2) is 115 Å². The van der Waals surface area contributed by atoms with E-state index in [1.54, 1.807) is 11.0 Å². The summed E-state index contributed by atoms with van der Waals surface area (Å²) >= 11 is 0. The van der Waals surface area contributed by atoms with E-state index in [0.29, 0.717) is 105 Å². The Kier molecular flexibility index (Phi) is 18.8. The van der Waals surface area contributed by atoms with Gasteiger partial charge in [-0.3, -0.25) is 14.4 Å². The number of nitrogens with zero attached hydrogens (tertiary/aromatic N) is 2. The van der Waals surface area contributed by atoms with Crippen LogP contribution in [0.2, 0.25) is 0 Å². The van der Waals surface area contributed by atoms with Gasteiger partial charge >= 0.3 is 0 Å². The summed E-state index contributed by atoms with van der Waals surface area (Å²) in [4.78, 5) is 38.3. The van der Waals surface area contributed by atoms with E-state index in [4.69, 9.17) is 23.7 Å². The molecule has 2 N–H and O–H groups in total. The molecular formula is C32H54N4O8. The Hall–Kier alpha value is -2.56. The summed E-state index contributed by atoms with van der Waals surface area (Å²) in [7, 11) is 0. The molecule has 3 amide bonds. The summed E-state index contributed by atoms with van der Waals surface area (Å²) in [6.45, 7) is 12.1. The van der Waals surface area contributed by atoms with Gasteiger partial charge in [0, 0.05) is 26.2 Å². The molecule has 0 aromatic carbocycles. The highest BCUT2D eigenvalue weighted by Crippen LogP contribution is 2.39. The first-order valence-electron chi connectivity index (χ1n) is 16.0. The minimum atomic E-state index is -0.289. The maximum absolute atomic E-state index is 13.3. The molecule has 1 saturated carbocycles. The Morgan fingerprint density at radius 1 is 0.818 bits per heavy atom. The number of likely N-dealkylation sites (tertiary alicyclic amines) is 1. The van der Waals surface area contributed by atoms with Gasteiger partial charge in [-0.25, -0.2) is 0 Å². The molecule has 44 heavy (non-hydrogen) atoms. The van der Waals surface area contributed by atoms with Gasteiger partial charge in [-0.15, -0.1) is 0 Å². The number of carbonyl (C=O) groups is 3. The molecule has 1 saturated heterocycles. The molecule has 2 fully saturated rings. The van der Waals surface area contributed by atoms with Gasteiger partial charge in [-0.2, -0.15) is 5.26 Å². The van der Waals surface area contributed by atoms with Gasteiger partial charge in [-0.1, -0.05) is 59.0 Å². The van der Waals surface area contributed by atoms with E-state index in [1.165, 1.54) is 6.42 Å². The number of allylic oxidation sites excluding steroid dienone is 1. The van der Waals surface area contributed by atoms with Crippen molar-refractivity contribution < 1.29 is 38.1 Å². The molecule has 2 atom stereocenters. The van der Waals surface area contributed by atoms with Crippen LogP contribution in [0.4, 0.5) is 0 Å². The summed E-state index contributed by atoms with van der Waals surface area (Å²) in [6.07, 6.45) is 8.07. The zero-order chi connectivity index (χ0) is 32.0. The fraction of sp³-hybridized carbons (Fsp3) is 0.812. The van der Waals surface area contributed by atoms with Gasteiger partial charge in [0.2, 0.25) is 12.3 Å². The van der Waals surface area contributed by atoms with E-state index in [0.717, 1.165) is 25.7 Å². The van der Waals surface area contributed by atoms with Crippen molar-refractivity contribution in [3.63, 3.8) is 0 Å². The van der Waals surface area contributed by atoms with E-state index in [-0.39, 0.29) is 34.6 Å². The van der Waals surface area contributed by atoms with E-state index in [9.17, 15) is 19.6 Å². The molecule has 2 rings (SSSR count). The predicted molar refractivity (Wildman–Crippen MR) is 164 cm³/mol. The number of hydrogen-bond donors (Lipinski definition) is 2. The lowest BCUT2D eigenvalue weighted by Gasteiger charge is -2.30. The van der Waals surface area contributed by atoms with E-state index in [2.05, 4.69) is 16.7 Å². The molecule has 0 spiro atoms. The minimum Gasteiger partial charge on any atom is -0.377 e. The number of amides is 3. The van der Waals surface area contributed by atoms with Crippen molar-refractivity contribution in [1.82, 2.24) is 15.5 Å². The minimum absolute atomic E-state index is 0.0467. The number of nitriles is 1. The standard InChI is InChI=1S/C32H54N4O8/c1-32(2,3)21-27(22-33)31(39)36-23-28(26-7-5-4-6-8-26)29(24-36)30(38)35-10-12-41-14-16-43-18-20-44-19-17-42-15-13-40-11-9-34-25-37/h21,25-26,28-29H,4-20,23-24H2,1-3H3,(H,34,37)(H,35,38)/b27-21+/t28-,29+/m0/s1. The highest BCUT2D eigenvalue weighted by Gasteiger charge is 2.44. The molecule has 1 aliphatic heterocycles. The summed E-state index contributed by atoms with van der Waals surface area (Å²) in [5.41, 5.74) is -0.139. The van der Waals surface area contributed by atoms with Gasteiger partial charge < -0.3 is 39.2 Å². The Bertz CT molecular complexity index is 911. The van der Waals surface area contributed by atoms with Crippen LogP contribution in [-0.2, 0) is 38.1 Å². The lowest BCUT2D eigenvalue weighted by molar-refractivity contribution is -0.127. The summed E-state index contributed by atoms with van der Waals surface area (Å²) in [5, 5.41) is 15.2. The second-order valence-corrected chi connectivity index (χ2v) is 12.3. The van der Waals surface area contributed by atoms with Crippen molar-refractivity contribution in [2.75, 3.05) is 92.2 Å². The smallest absolute Gasteiger partial charge is 0.264 e. The SMILES string of the molecule is CC(C)(C)/C=C(\C#N)C(=O)N1C[C@@H](C(=O)NCCOCCOCCOCCOCCOCCNC=O)[C@H](C2CCCCC2)C1. The van der Waals surface area contributed by atoms with Gasteiger partial charge in [0.15, 0.2) is 0 Å². The number of ether oxygens (including phenoxy) is 5. The van der Waals surface area contributed by atoms with Crippen molar-refractivity contribution in [1.29, 1.82) is 5.26 Å². The third-order valence-electron chi connectivity index (χ3n) is 7.68. The first-order valence-corrected chi connectivity index (χ1v) is 16.0. The van der Waals surface area contributed by atoms with Gasteiger partial charge in [0.25, 0.3) is 5.91 Å². The lowest BCUT2D eigenvalue weighted by atomic mass is 9.75. The normalized spacial score (nSPS) is 19.5. The molecule has 1 aliphatic carbocycles. The average Bonchev–Trinajstić information content (AvgIpc) is 3.46. The molecule has 250 valence electrons. The number of rotatable bonds is 22. The van der Waals surface area contributed by atoms with E-state index in [1.807, 2.05) is 20.8 Å². The Morgan fingerprint density at radius 3 is 1.84 bits per heavy atom. The molecule has 1 heterocycles. The third-order valence-corrected chi connectivity index (χ3v) is 7.68. The van der Waals surface area contributed by atoms with E-state index >= 15 is 0 Å². The zero-order valence-corrected chi connectivity index (χ0v) is 27.0. The predicted octanol–water partition coefficient (Wildman–Crippen LogP) is 2.08. The Labute approximate surface area is 263 Å². The number of hydrogen-bond acceptors (Lipinski definition) is 9. The highest BCUT2D eigenvalue weighted by molar-refractivity contribution is 5.98. The van der Waals surface area contributed by atoms with Crippen LogP contribution in [0, 0.1) is 34.5 Å². The van der Waals surface area contributed by atoms with E-state index < -0.39 is 0 Å². The molecule has 0 aromatic rings. The maximum atomic E-state index is 13.3. The van der Waals surface area contributed by atoms with Crippen molar-refractivity contribution in [2.24, 2.45) is 23.2 Å². The third kappa shape index (κ3) is 15.4. The van der Waals surface area contributed by atoms with Gasteiger partial charge in [0.1, 0.15) is 11.6 Å². The fourth-order valence-corrected chi connectivity index (χ4v) is 5.61. The molecular weight excluding hydrogens is 568 g/mol. The highest BCUT2D eigenvalue weighted by atomic mass is 16.6. The largest absolute Gasteiger partial charge is 0.377 e. The second-order valence-electron chi connectivity index (χ2n) is 12.3. The Balaban J connectivity index is 1.59. The van der Waals surface area contributed by atoms with Crippen LogP contribution < -0.4 is 10.6 Å². The molecule has 12 heteroatoms. The van der Waals surface area contributed by atoms with Gasteiger partial charge in [-0.05, 0) is 17.3 Å². The van der Waals surface area contributed by atoms with Crippen LogP contribution in [0.3, 0.4) is 0 Å². The molecule has 12 nitrogen and oxygen atoms in total. The maximum Gasteiger partial charge on any atom is 0.264 e. The molecule has 0 unspecified atom stereocenters. The molecule has 2 aliphatic rings. The van der Waals surface area contributed by atoms with Crippen molar-refractivity contribution >= 4 is 18.2 Å². The monoisotopic (exact) mass is 622 g/mol. The summed E-state index contributed by atoms with van der Waals surface area (Å²) in [6, 6.07) is 2.08. The quantitative estimate of drug-likeness (QED) is 0.0801. The van der Waals surface area contributed by atoms with Crippen LogP contribution >= 0.6 is 0 Å². The lowest BCUT2D eigenvalue weighted by Crippen LogP contribution is -2.39. The summed E-state index contributed by atoms with van der Waals surface area (Å²) < 4.78 is 27.3. The zero-order valence-electron chi connectivity index (χ0n) is 27.0. The number of nitrogens with one attached hydrogen (secondary N) is 2. The summed E-state index contributed by atoms with van der Waals surface area (Å²) in [5.74, 6) is -0.0791. The van der Waals surface area contributed by atoms with Gasteiger partial charge in [0.05, 0.1) is 72.0 Å². The van der Waals surface area contributed by atoms with Crippen LogP contribution in [0.25, 0.3) is 0 Å². The molecule has 0 radical (unpaired) electrons. The van der Waals surface area contributed by atoms with Crippen LogP contribution in [0.1, 0.15) is 52.9 Å². The fourth-order valence-electron chi connectivity index (χ4n) is 5.61. The Morgan fingerprint density at radius 2 is 1.34 bits per heavy atom. The van der Waals surface area contributed by atoms with Crippen LogP contribution in [0.15, 0.2) is 11.6 Å². The van der Waals surface area contributed by atoms with Crippen molar-refractivity contribution in [2.45, 2.75) is 52.9 Å². The molecule has 0 bridgehead atoms. The first-order chi connectivity index (χ1) is 21.3. The average molecular weight is 623 g/mol. The van der Waals surface area contributed by atoms with Crippen molar-refractivity contribution in [3.8, 4) is 6.07 Å². The number of carbonyl (C=O) groups excluding carboxylic acids is 3. The first kappa shape index (κ1) is 37.6. The molecule has 0 aromatic heterocycles.